The first-order chi connectivity index (χ1) is 22.1. The molecule has 0 saturated carbocycles. The zero-order valence-corrected chi connectivity index (χ0v) is 24.8. The van der Waals surface area contributed by atoms with Crippen molar-refractivity contribution in [3.05, 3.63) is 152 Å². The van der Waals surface area contributed by atoms with Crippen molar-refractivity contribution in [1.29, 1.82) is 0 Å². The van der Waals surface area contributed by atoms with Gasteiger partial charge < -0.3 is 8.98 Å². The summed E-state index contributed by atoms with van der Waals surface area (Å²) in [4.78, 5) is 0.411. The van der Waals surface area contributed by atoms with Gasteiger partial charge in [0.15, 0.2) is 5.58 Å². The summed E-state index contributed by atoms with van der Waals surface area (Å²) in [5, 5.41) is 5.96. The lowest BCUT2D eigenvalue weighted by atomic mass is 10.0. The monoisotopic (exact) mass is 599 g/mol. The zero-order chi connectivity index (χ0) is 30.1. The Morgan fingerprint density at radius 3 is 1.82 bits per heavy atom. The van der Waals surface area contributed by atoms with Crippen molar-refractivity contribution in [2.45, 2.75) is 9.79 Å². The van der Waals surface area contributed by atoms with Gasteiger partial charge in [-0.15, -0.1) is 0 Å². The maximum Gasteiger partial charge on any atom is 0.210 e. The van der Waals surface area contributed by atoms with Crippen LogP contribution >= 0.6 is 0 Å². The first-order valence-corrected chi connectivity index (χ1v) is 16.3. The maximum atomic E-state index is 14.0. The lowest BCUT2D eigenvalue weighted by molar-refractivity contribution is 0.592. The smallest absolute Gasteiger partial charge is 0.210 e. The molecule has 0 aliphatic rings. The second-order valence-corrected chi connectivity index (χ2v) is 13.3. The van der Waals surface area contributed by atoms with Crippen LogP contribution in [0.4, 0.5) is 0 Å². The quantitative estimate of drug-likeness (QED) is 0.202. The number of hydrogen-bond acceptors (Lipinski definition) is 3. The fourth-order valence-corrected chi connectivity index (χ4v) is 8.12. The van der Waals surface area contributed by atoms with Crippen LogP contribution in [0.1, 0.15) is 0 Å². The molecule has 0 atom stereocenters. The molecule has 0 saturated heterocycles. The van der Waals surface area contributed by atoms with E-state index in [0.717, 1.165) is 49.4 Å². The number of benzene rings is 7. The summed E-state index contributed by atoms with van der Waals surface area (Å²) in [7, 11) is -3.85. The van der Waals surface area contributed by atoms with E-state index in [2.05, 4.69) is 77.4 Å². The molecule has 2 aromatic heterocycles. The van der Waals surface area contributed by atoms with E-state index in [4.69, 9.17) is 4.42 Å². The summed E-state index contributed by atoms with van der Waals surface area (Å²) in [5.74, 6) is 0. The molecule has 0 unspecified atom stereocenters. The highest BCUT2D eigenvalue weighted by Gasteiger charge is 2.25. The Labute approximate surface area is 259 Å². The zero-order valence-electron chi connectivity index (χ0n) is 24.0. The molecule has 0 N–H and O–H groups in total. The second-order valence-electron chi connectivity index (χ2n) is 11.3. The number of fused-ring (bicyclic) bond motifs is 7. The molecular weight excluding hydrogens is 575 g/mol. The molecule has 9 aromatic rings. The maximum absolute atomic E-state index is 14.0. The number of furan rings is 1. The van der Waals surface area contributed by atoms with Crippen molar-refractivity contribution in [1.82, 2.24) is 4.57 Å². The number of para-hydroxylation sites is 4. The summed E-state index contributed by atoms with van der Waals surface area (Å²) in [6.45, 7) is 0. The predicted molar refractivity (Wildman–Crippen MR) is 183 cm³/mol. The van der Waals surface area contributed by atoms with E-state index in [1.165, 1.54) is 10.8 Å². The third kappa shape index (κ3) is 3.88. The highest BCUT2D eigenvalue weighted by atomic mass is 32.2. The molecule has 9 rings (SSSR count). The average molecular weight is 600 g/mol. The Bertz CT molecular complexity index is 2660. The lowest BCUT2D eigenvalue weighted by Gasteiger charge is -2.09. The topological polar surface area (TPSA) is 52.2 Å². The van der Waals surface area contributed by atoms with E-state index >= 15 is 0 Å². The molecule has 45 heavy (non-hydrogen) atoms. The van der Waals surface area contributed by atoms with Gasteiger partial charge in [-0.25, -0.2) is 8.42 Å². The summed E-state index contributed by atoms with van der Waals surface area (Å²) < 4.78 is 36.8. The minimum Gasteiger partial charge on any atom is -0.454 e. The van der Waals surface area contributed by atoms with E-state index < -0.39 is 9.84 Å². The highest BCUT2D eigenvalue weighted by Crippen LogP contribution is 2.40. The van der Waals surface area contributed by atoms with Gasteiger partial charge in [0.05, 0.1) is 15.9 Å². The molecule has 0 aliphatic carbocycles. The molecule has 4 nitrogen and oxygen atoms in total. The van der Waals surface area contributed by atoms with Crippen molar-refractivity contribution in [3.63, 3.8) is 0 Å². The van der Waals surface area contributed by atoms with Gasteiger partial charge in [0.1, 0.15) is 10.5 Å². The van der Waals surface area contributed by atoms with Gasteiger partial charge in [-0.1, -0.05) is 109 Å². The molecule has 7 aromatic carbocycles. The number of rotatable bonds is 4. The van der Waals surface area contributed by atoms with Crippen LogP contribution in [0.15, 0.2) is 166 Å². The summed E-state index contributed by atoms with van der Waals surface area (Å²) in [6, 6.07) is 49.8. The van der Waals surface area contributed by atoms with Crippen molar-refractivity contribution in [2.24, 2.45) is 0 Å². The molecule has 0 fully saturated rings. The summed E-state index contributed by atoms with van der Waals surface area (Å²) in [5.41, 5.74) is 6.32. The SMILES string of the molecule is O=S(=O)(c1ccc2ccccc2c1)c1cccc2c1oc1c(-c3ccc(-n4c5ccccc5c5ccccc54)cc3)cccc12. The molecule has 0 amide bonds. The van der Waals surface area contributed by atoms with Gasteiger partial charge in [-0.05, 0) is 58.8 Å². The minimum atomic E-state index is -3.85. The first-order valence-electron chi connectivity index (χ1n) is 14.9. The summed E-state index contributed by atoms with van der Waals surface area (Å²) >= 11 is 0. The van der Waals surface area contributed by atoms with Crippen LogP contribution < -0.4 is 0 Å². The van der Waals surface area contributed by atoms with Crippen LogP contribution in [0.2, 0.25) is 0 Å². The molecule has 0 bridgehead atoms. The van der Waals surface area contributed by atoms with Crippen LogP contribution in [-0.2, 0) is 9.84 Å². The fourth-order valence-electron chi connectivity index (χ4n) is 6.69. The van der Waals surface area contributed by atoms with Crippen LogP contribution in [0.3, 0.4) is 0 Å². The van der Waals surface area contributed by atoms with Gasteiger partial charge >= 0.3 is 0 Å². The summed E-state index contributed by atoms with van der Waals surface area (Å²) in [6.07, 6.45) is 0. The lowest BCUT2D eigenvalue weighted by Crippen LogP contribution is -2.02. The molecule has 5 heteroatoms. The van der Waals surface area contributed by atoms with E-state index in [-0.39, 0.29) is 9.79 Å². The second kappa shape index (κ2) is 9.68. The third-order valence-electron chi connectivity index (χ3n) is 8.83. The molecule has 0 aliphatic heterocycles. The molecular formula is C40H25NO3S. The minimum absolute atomic E-state index is 0.166. The normalized spacial score (nSPS) is 12.2. The van der Waals surface area contributed by atoms with Gasteiger partial charge in [-0.3, -0.25) is 0 Å². The van der Waals surface area contributed by atoms with Crippen LogP contribution in [0.25, 0.3) is 71.3 Å². The van der Waals surface area contributed by atoms with E-state index in [1.807, 2.05) is 54.6 Å². The molecule has 214 valence electrons. The van der Waals surface area contributed by atoms with Gasteiger partial charge in [0.25, 0.3) is 0 Å². The molecule has 0 radical (unpaired) electrons. The van der Waals surface area contributed by atoms with E-state index in [1.54, 1.807) is 24.3 Å². The molecule has 2 heterocycles. The van der Waals surface area contributed by atoms with Crippen molar-refractivity contribution < 1.29 is 12.8 Å². The van der Waals surface area contributed by atoms with Gasteiger partial charge in [0.2, 0.25) is 9.84 Å². The van der Waals surface area contributed by atoms with Gasteiger partial charge in [0, 0.05) is 32.8 Å². The Hall–Kier alpha value is -5.65. The number of aromatic nitrogens is 1. The number of sulfone groups is 1. The predicted octanol–water partition coefficient (Wildman–Crippen LogP) is 10.3. The Morgan fingerprint density at radius 2 is 1.09 bits per heavy atom. The van der Waals surface area contributed by atoms with Crippen molar-refractivity contribution in [3.8, 4) is 16.8 Å². The van der Waals surface area contributed by atoms with E-state index in [9.17, 15) is 8.42 Å². The van der Waals surface area contributed by atoms with Crippen molar-refractivity contribution >= 4 is 64.4 Å². The highest BCUT2D eigenvalue weighted by molar-refractivity contribution is 7.91. The first kappa shape index (κ1) is 25.8. The third-order valence-corrected chi connectivity index (χ3v) is 10.6. The Morgan fingerprint density at radius 1 is 0.489 bits per heavy atom. The number of nitrogens with zero attached hydrogens (tertiary/aromatic N) is 1. The molecule has 0 spiro atoms. The van der Waals surface area contributed by atoms with Crippen LogP contribution in [0, 0.1) is 0 Å². The Balaban J connectivity index is 1.18. The van der Waals surface area contributed by atoms with Crippen LogP contribution in [-0.4, -0.2) is 13.0 Å². The van der Waals surface area contributed by atoms with E-state index in [0.29, 0.717) is 11.2 Å². The standard InChI is InChI=1S/C40H25NO3S/c42-45(43,30-24-21-26-9-1-2-10-28(26)25-30)38-18-8-15-35-34-14-7-13-31(39(34)44-40(35)38)27-19-22-29(23-20-27)41-36-16-5-3-11-32(36)33-12-4-6-17-37(33)41/h1-25H. The average Bonchev–Trinajstić information content (AvgIpc) is 3.64. The number of hydrogen-bond donors (Lipinski definition) is 0. The van der Waals surface area contributed by atoms with Gasteiger partial charge in [-0.2, -0.15) is 0 Å². The van der Waals surface area contributed by atoms with Crippen LogP contribution in [0.5, 0.6) is 0 Å². The largest absolute Gasteiger partial charge is 0.454 e. The Kier molecular flexibility index (Phi) is 5.55. The van der Waals surface area contributed by atoms with Crippen molar-refractivity contribution in [2.75, 3.05) is 0 Å². The fraction of sp³-hybridized carbons (Fsp3) is 0.